The number of carbonyl (C=O) groups excluding carboxylic acids is 1. The van der Waals surface area contributed by atoms with E-state index in [1.54, 1.807) is 6.20 Å². The van der Waals surface area contributed by atoms with Gasteiger partial charge in [0.05, 0.1) is 11.4 Å². The van der Waals surface area contributed by atoms with Crippen molar-refractivity contribution in [2.24, 2.45) is 5.92 Å². The van der Waals surface area contributed by atoms with Crippen LogP contribution in [-0.2, 0) is 17.9 Å². The summed E-state index contributed by atoms with van der Waals surface area (Å²) in [6.07, 6.45) is 4.23. The second kappa shape index (κ2) is 5.81. The summed E-state index contributed by atoms with van der Waals surface area (Å²) < 4.78 is 6.99. The summed E-state index contributed by atoms with van der Waals surface area (Å²) >= 11 is 0. The summed E-state index contributed by atoms with van der Waals surface area (Å²) in [6, 6.07) is 3.63. The highest BCUT2D eigenvalue weighted by molar-refractivity contribution is 5.80. The van der Waals surface area contributed by atoms with Crippen LogP contribution in [-0.4, -0.2) is 38.8 Å². The second-order valence-corrected chi connectivity index (χ2v) is 6.57. The molecule has 1 aliphatic heterocycles. The largest absolute Gasteiger partial charge is 0.361 e. The third kappa shape index (κ3) is 3.14. The van der Waals surface area contributed by atoms with Crippen molar-refractivity contribution >= 4 is 5.91 Å². The molecule has 0 bridgehead atoms. The SMILES string of the molecule is Cc1cc(CN2Cc3ccnn3[C@H](C(=O)NCC3CC3)C2)no1. The van der Waals surface area contributed by atoms with E-state index < -0.39 is 0 Å². The van der Waals surface area contributed by atoms with Crippen molar-refractivity contribution in [3.8, 4) is 0 Å². The monoisotopic (exact) mass is 315 g/mol. The molecule has 0 radical (unpaired) electrons. The molecular weight excluding hydrogens is 294 g/mol. The number of fused-ring (bicyclic) bond motifs is 1. The first-order valence-electron chi connectivity index (χ1n) is 8.13. The van der Waals surface area contributed by atoms with Gasteiger partial charge in [0.2, 0.25) is 5.91 Å². The zero-order chi connectivity index (χ0) is 15.8. The lowest BCUT2D eigenvalue weighted by molar-refractivity contribution is -0.126. The molecule has 1 aliphatic carbocycles. The highest BCUT2D eigenvalue weighted by atomic mass is 16.5. The highest BCUT2D eigenvalue weighted by Crippen LogP contribution is 2.28. The van der Waals surface area contributed by atoms with Crippen LogP contribution in [0.15, 0.2) is 22.9 Å². The van der Waals surface area contributed by atoms with E-state index in [0.29, 0.717) is 19.0 Å². The molecule has 1 saturated carbocycles. The van der Waals surface area contributed by atoms with Gasteiger partial charge in [-0.3, -0.25) is 14.4 Å². The normalized spacial score (nSPS) is 21.2. The fourth-order valence-corrected chi connectivity index (χ4v) is 3.08. The predicted molar refractivity (Wildman–Crippen MR) is 82.4 cm³/mol. The molecule has 2 aromatic rings. The van der Waals surface area contributed by atoms with Crippen LogP contribution in [0.4, 0.5) is 0 Å². The Labute approximate surface area is 134 Å². The average Bonchev–Trinajstić information content (AvgIpc) is 3.10. The summed E-state index contributed by atoms with van der Waals surface area (Å²) in [5.41, 5.74) is 1.95. The molecule has 122 valence electrons. The number of hydrogen-bond donors (Lipinski definition) is 1. The number of amides is 1. The van der Waals surface area contributed by atoms with Gasteiger partial charge in [-0.2, -0.15) is 5.10 Å². The highest BCUT2D eigenvalue weighted by Gasteiger charge is 2.32. The Kier molecular flexibility index (Phi) is 3.65. The van der Waals surface area contributed by atoms with Gasteiger partial charge in [0, 0.05) is 38.4 Å². The lowest BCUT2D eigenvalue weighted by Gasteiger charge is -2.32. The van der Waals surface area contributed by atoms with Gasteiger partial charge in [0.1, 0.15) is 11.8 Å². The molecule has 2 aromatic heterocycles. The van der Waals surface area contributed by atoms with Crippen LogP contribution in [0, 0.1) is 12.8 Å². The maximum absolute atomic E-state index is 12.6. The fourth-order valence-electron chi connectivity index (χ4n) is 3.08. The Morgan fingerprint density at radius 1 is 1.48 bits per heavy atom. The van der Waals surface area contributed by atoms with E-state index in [4.69, 9.17) is 4.52 Å². The van der Waals surface area contributed by atoms with Crippen LogP contribution in [0.2, 0.25) is 0 Å². The summed E-state index contributed by atoms with van der Waals surface area (Å²) in [7, 11) is 0. The molecule has 1 amide bonds. The Hall–Kier alpha value is -2.15. The number of aromatic nitrogens is 3. The molecule has 0 saturated heterocycles. The van der Waals surface area contributed by atoms with Crippen molar-refractivity contribution in [1.82, 2.24) is 25.2 Å². The third-order valence-corrected chi connectivity index (χ3v) is 4.49. The Bertz CT molecular complexity index is 703. The van der Waals surface area contributed by atoms with Crippen molar-refractivity contribution in [2.45, 2.75) is 38.9 Å². The van der Waals surface area contributed by atoms with Crippen molar-refractivity contribution in [3.63, 3.8) is 0 Å². The molecule has 4 rings (SSSR count). The third-order valence-electron chi connectivity index (χ3n) is 4.49. The van der Waals surface area contributed by atoms with Crippen LogP contribution < -0.4 is 5.32 Å². The van der Waals surface area contributed by atoms with E-state index in [-0.39, 0.29) is 11.9 Å². The number of aryl methyl sites for hydroxylation is 1. The van der Waals surface area contributed by atoms with E-state index in [2.05, 4.69) is 20.5 Å². The minimum absolute atomic E-state index is 0.0582. The van der Waals surface area contributed by atoms with E-state index >= 15 is 0 Å². The number of hydrogen-bond acceptors (Lipinski definition) is 5. The van der Waals surface area contributed by atoms with Gasteiger partial charge in [-0.1, -0.05) is 5.16 Å². The van der Waals surface area contributed by atoms with E-state index in [1.807, 2.05) is 23.7 Å². The maximum Gasteiger partial charge on any atom is 0.246 e. The van der Waals surface area contributed by atoms with Crippen molar-refractivity contribution in [2.75, 3.05) is 13.1 Å². The van der Waals surface area contributed by atoms with Gasteiger partial charge in [-0.15, -0.1) is 0 Å². The van der Waals surface area contributed by atoms with Gasteiger partial charge in [0.15, 0.2) is 0 Å². The summed E-state index contributed by atoms with van der Waals surface area (Å²) in [6.45, 7) is 4.74. The van der Waals surface area contributed by atoms with Crippen LogP contribution >= 0.6 is 0 Å². The molecule has 1 fully saturated rings. The maximum atomic E-state index is 12.6. The summed E-state index contributed by atoms with van der Waals surface area (Å²) in [5, 5.41) is 11.5. The van der Waals surface area contributed by atoms with Gasteiger partial charge in [0.25, 0.3) is 0 Å². The van der Waals surface area contributed by atoms with E-state index in [0.717, 1.165) is 30.2 Å². The summed E-state index contributed by atoms with van der Waals surface area (Å²) in [5.74, 6) is 1.54. The molecule has 0 spiro atoms. The lowest BCUT2D eigenvalue weighted by Crippen LogP contribution is -2.45. The standard InChI is InChI=1S/C16H21N5O2/c1-11-6-13(19-23-11)8-20-9-14-4-5-18-21(14)15(10-20)16(22)17-7-12-2-3-12/h4-6,12,15H,2-3,7-10H2,1H3,(H,17,22)/t15-/m0/s1. The molecule has 0 aromatic carbocycles. The molecule has 7 heteroatoms. The van der Waals surface area contributed by atoms with E-state index in [1.165, 1.54) is 12.8 Å². The quantitative estimate of drug-likeness (QED) is 0.899. The zero-order valence-corrected chi connectivity index (χ0v) is 13.2. The Morgan fingerprint density at radius 3 is 3.09 bits per heavy atom. The van der Waals surface area contributed by atoms with Crippen molar-refractivity contribution < 1.29 is 9.32 Å². The van der Waals surface area contributed by atoms with Crippen LogP contribution in [0.5, 0.6) is 0 Å². The minimum Gasteiger partial charge on any atom is -0.361 e. The van der Waals surface area contributed by atoms with Crippen LogP contribution in [0.25, 0.3) is 0 Å². The molecule has 0 unspecified atom stereocenters. The molecule has 3 heterocycles. The molecule has 1 atom stereocenters. The van der Waals surface area contributed by atoms with E-state index in [9.17, 15) is 4.79 Å². The predicted octanol–water partition coefficient (Wildman–Crippen LogP) is 1.26. The smallest absolute Gasteiger partial charge is 0.246 e. The summed E-state index contributed by atoms with van der Waals surface area (Å²) in [4.78, 5) is 14.8. The number of nitrogens with one attached hydrogen (secondary N) is 1. The first-order chi connectivity index (χ1) is 11.2. The molecular formula is C16H21N5O2. The van der Waals surface area contributed by atoms with Gasteiger partial charge < -0.3 is 9.84 Å². The molecule has 2 aliphatic rings. The molecule has 1 N–H and O–H groups in total. The second-order valence-electron chi connectivity index (χ2n) is 6.57. The van der Waals surface area contributed by atoms with Crippen LogP contribution in [0.1, 0.15) is 36.0 Å². The number of rotatable bonds is 5. The van der Waals surface area contributed by atoms with Crippen molar-refractivity contribution in [1.29, 1.82) is 0 Å². The fraction of sp³-hybridized carbons (Fsp3) is 0.562. The first kappa shape index (κ1) is 14.4. The van der Waals surface area contributed by atoms with Crippen LogP contribution in [0.3, 0.4) is 0 Å². The molecule has 7 nitrogen and oxygen atoms in total. The van der Waals surface area contributed by atoms with Gasteiger partial charge >= 0.3 is 0 Å². The zero-order valence-electron chi connectivity index (χ0n) is 13.2. The minimum atomic E-state index is -0.277. The lowest BCUT2D eigenvalue weighted by atomic mass is 10.1. The average molecular weight is 315 g/mol. The Morgan fingerprint density at radius 2 is 2.35 bits per heavy atom. The number of nitrogens with zero attached hydrogens (tertiary/aromatic N) is 4. The van der Waals surface area contributed by atoms with Crippen molar-refractivity contribution in [3.05, 3.63) is 35.5 Å². The topological polar surface area (TPSA) is 76.2 Å². The molecule has 23 heavy (non-hydrogen) atoms. The number of carbonyl (C=O) groups is 1. The first-order valence-corrected chi connectivity index (χ1v) is 8.13. The Balaban J connectivity index is 1.47. The van der Waals surface area contributed by atoms with Gasteiger partial charge in [-0.25, -0.2) is 0 Å². The van der Waals surface area contributed by atoms with Gasteiger partial charge in [-0.05, 0) is 31.7 Å².